The smallest absolute Gasteiger partial charge is 0.411 e. The number of carbonyl (C=O) groups is 1. The van der Waals surface area contributed by atoms with Crippen molar-refractivity contribution in [3.8, 4) is 11.5 Å². The molecule has 0 heterocycles. The SMILES string of the molecule is CCOC(=O)Nc1cc(Cl)c(OC)cc1OC. The van der Waals surface area contributed by atoms with E-state index in [1.54, 1.807) is 13.0 Å². The molecule has 0 aliphatic carbocycles. The van der Waals surface area contributed by atoms with Crippen molar-refractivity contribution < 1.29 is 19.0 Å². The second-order valence-electron chi connectivity index (χ2n) is 3.03. The zero-order valence-electron chi connectivity index (χ0n) is 9.87. The topological polar surface area (TPSA) is 56.8 Å². The van der Waals surface area contributed by atoms with Crippen LogP contribution in [0.25, 0.3) is 0 Å². The predicted octanol–water partition coefficient (Wildman–Crippen LogP) is 2.93. The molecule has 0 spiro atoms. The quantitative estimate of drug-likeness (QED) is 0.903. The van der Waals surface area contributed by atoms with Gasteiger partial charge in [-0.1, -0.05) is 11.6 Å². The minimum absolute atomic E-state index is 0.290. The lowest BCUT2D eigenvalue weighted by atomic mass is 10.2. The molecule has 0 aliphatic heterocycles. The first-order chi connectivity index (χ1) is 8.12. The van der Waals surface area contributed by atoms with E-state index in [2.05, 4.69) is 5.32 Å². The van der Waals surface area contributed by atoms with Crippen molar-refractivity contribution in [3.05, 3.63) is 17.2 Å². The van der Waals surface area contributed by atoms with Crippen LogP contribution in [-0.4, -0.2) is 26.9 Å². The van der Waals surface area contributed by atoms with Gasteiger partial charge in [0.2, 0.25) is 0 Å². The standard InChI is InChI=1S/C11H14ClNO4/c1-4-17-11(14)13-8-5-7(12)9(15-2)6-10(8)16-3/h5-6H,4H2,1-3H3,(H,13,14). The minimum atomic E-state index is -0.563. The molecular weight excluding hydrogens is 246 g/mol. The van der Waals surface area contributed by atoms with E-state index in [1.165, 1.54) is 20.3 Å². The number of carbonyl (C=O) groups excluding carboxylic acids is 1. The lowest BCUT2D eigenvalue weighted by Gasteiger charge is -2.12. The van der Waals surface area contributed by atoms with Crippen molar-refractivity contribution in [1.82, 2.24) is 0 Å². The van der Waals surface area contributed by atoms with E-state index >= 15 is 0 Å². The predicted molar refractivity (Wildman–Crippen MR) is 65.2 cm³/mol. The summed E-state index contributed by atoms with van der Waals surface area (Å²) in [6.07, 6.45) is -0.563. The Morgan fingerprint density at radius 1 is 1.29 bits per heavy atom. The summed E-state index contributed by atoms with van der Waals surface area (Å²) < 4.78 is 14.9. The van der Waals surface area contributed by atoms with E-state index in [0.717, 1.165) is 0 Å². The third-order valence-electron chi connectivity index (χ3n) is 1.99. The summed E-state index contributed by atoms with van der Waals surface area (Å²) in [7, 11) is 2.98. The molecule has 0 bridgehead atoms. The highest BCUT2D eigenvalue weighted by atomic mass is 35.5. The molecule has 0 unspecified atom stereocenters. The highest BCUT2D eigenvalue weighted by Gasteiger charge is 2.12. The molecule has 5 nitrogen and oxygen atoms in total. The van der Waals surface area contributed by atoms with Gasteiger partial charge in [0.15, 0.2) is 0 Å². The average Bonchev–Trinajstić information content (AvgIpc) is 2.29. The van der Waals surface area contributed by atoms with Crippen LogP contribution in [0.15, 0.2) is 12.1 Å². The molecule has 1 amide bonds. The summed E-state index contributed by atoms with van der Waals surface area (Å²) in [4.78, 5) is 11.3. The Labute approximate surface area is 105 Å². The number of nitrogens with one attached hydrogen (secondary N) is 1. The zero-order valence-corrected chi connectivity index (χ0v) is 10.6. The van der Waals surface area contributed by atoms with Crippen LogP contribution in [0.4, 0.5) is 10.5 Å². The summed E-state index contributed by atoms with van der Waals surface area (Å²) >= 11 is 5.95. The number of anilines is 1. The van der Waals surface area contributed by atoms with Crippen LogP contribution in [0.1, 0.15) is 6.92 Å². The summed E-state index contributed by atoms with van der Waals surface area (Å²) in [5, 5.41) is 2.90. The van der Waals surface area contributed by atoms with Crippen molar-refractivity contribution in [2.75, 3.05) is 26.1 Å². The second-order valence-corrected chi connectivity index (χ2v) is 3.44. The second kappa shape index (κ2) is 6.20. The van der Waals surface area contributed by atoms with Gasteiger partial charge in [-0.05, 0) is 13.0 Å². The van der Waals surface area contributed by atoms with Crippen molar-refractivity contribution in [2.45, 2.75) is 6.92 Å². The number of benzene rings is 1. The maximum absolute atomic E-state index is 11.3. The average molecular weight is 260 g/mol. The molecule has 6 heteroatoms. The number of halogens is 1. The van der Waals surface area contributed by atoms with Gasteiger partial charge in [0.1, 0.15) is 11.5 Å². The van der Waals surface area contributed by atoms with E-state index in [-0.39, 0.29) is 6.61 Å². The van der Waals surface area contributed by atoms with Crippen molar-refractivity contribution >= 4 is 23.4 Å². The van der Waals surface area contributed by atoms with Crippen LogP contribution in [-0.2, 0) is 4.74 Å². The largest absolute Gasteiger partial charge is 0.495 e. The van der Waals surface area contributed by atoms with E-state index < -0.39 is 6.09 Å². The van der Waals surface area contributed by atoms with Gasteiger partial charge in [0.25, 0.3) is 0 Å². The molecule has 1 aromatic rings. The van der Waals surface area contributed by atoms with E-state index in [4.69, 9.17) is 25.8 Å². The molecule has 1 aromatic carbocycles. The van der Waals surface area contributed by atoms with Crippen LogP contribution in [0, 0.1) is 0 Å². The number of ether oxygens (including phenoxy) is 3. The monoisotopic (exact) mass is 259 g/mol. The van der Waals surface area contributed by atoms with Crippen molar-refractivity contribution in [1.29, 1.82) is 0 Å². The molecule has 0 aromatic heterocycles. The highest BCUT2D eigenvalue weighted by molar-refractivity contribution is 6.32. The summed E-state index contributed by atoms with van der Waals surface area (Å²) in [5.74, 6) is 0.914. The number of methoxy groups -OCH3 is 2. The molecule has 1 N–H and O–H groups in total. The van der Waals surface area contributed by atoms with Crippen LogP contribution in [0.3, 0.4) is 0 Å². The van der Waals surface area contributed by atoms with Crippen LogP contribution >= 0.6 is 11.6 Å². The maximum atomic E-state index is 11.3. The number of amides is 1. The lowest BCUT2D eigenvalue weighted by molar-refractivity contribution is 0.168. The first kappa shape index (κ1) is 13.4. The Bertz CT molecular complexity index is 409. The van der Waals surface area contributed by atoms with Gasteiger partial charge in [-0.15, -0.1) is 0 Å². The van der Waals surface area contributed by atoms with Gasteiger partial charge < -0.3 is 14.2 Å². The highest BCUT2D eigenvalue weighted by Crippen LogP contribution is 2.35. The van der Waals surface area contributed by atoms with Crippen molar-refractivity contribution in [2.24, 2.45) is 0 Å². The van der Waals surface area contributed by atoms with Crippen LogP contribution in [0.5, 0.6) is 11.5 Å². The third kappa shape index (κ3) is 3.42. The fraction of sp³-hybridized carbons (Fsp3) is 0.364. The van der Waals surface area contributed by atoms with Gasteiger partial charge in [-0.25, -0.2) is 4.79 Å². The molecule has 94 valence electrons. The summed E-state index contributed by atoms with van der Waals surface area (Å²) in [5.41, 5.74) is 0.428. The van der Waals surface area contributed by atoms with Gasteiger partial charge >= 0.3 is 6.09 Å². The molecular formula is C11H14ClNO4. The Hall–Kier alpha value is -1.62. The van der Waals surface area contributed by atoms with Gasteiger partial charge in [0, 0.05) is 6.07 Å². The number of hydrogen-bond donors (Lipinski definition) is 1. The maximum Gasteiger partial charge on any atom is 0.411 e. The van der Waals surface area contributed by atoms with E-state index in [0.29, 0.717) is 22.2 Å². The fourth-order valence-electron chi connectivity index (χ4n) is 1.23. The van der Waals surface area contributed by atoms with Gasteiger partial charge in [0.05, 0.1) is 31.5 Å². The zero-order chi connectivity index (χ0) is 12.8. The third-order valence-corrected chi connectivity index (χ3v) is 2.28. The Morgan fingerprint density at radius 3 is 2.47 bits per heavy atom. The summed E-state index contributed by atoms with van der Waals surface area (Å²) in [6, 6.07) is 3.13. The normalized spacial score (nSPS) is 9.65. The van der Waals surface area contributed by atoms with Gasteiger partial charge in [-0.3, -0.25) is 5.32 Å². The Kier molecular flexibility index (Phi) is 4.90. The molecule has 0 fully saturated rings. The first-order valence-corrected chi connectivity index (χ1v) is 5.35. The van der Waals surface area contributed by atoms with E-state index in [9.17, 15) is 4.79 Å². The number of hydrogen-bond acceptors (Lipinski definition) is 4. The molecule has 1 rings (SSSR count). The molecule has 0 aliphatic rings. The minimum Gasteiger partial charge on any atom is -0.495 e. The van der Waals surface area contributed by atoms with Crippen molar-refractivity contribution in [3.63, 3.8) is 0 Å². The van der Waals surface area contributed by atoms with Crippen LogP contribution < -0.4 is 14.8 Å². The molecule has 0 saturated carbocycles. The molecule has 0 saturated heterocycles. The number of rotatable bonds is 4. The van der Waals surface area contributed by atoms with Crippen LogP contribution in [0.2, 0.25) is 5.02 Å². The van der Waals surface area contributed by atoms with E-state index in [1.807, 2.05) is 0 Å². The Balaban J connectivity index is 2.98. The Morgan fingerprint density at radius 2 is 1.94 bits per heavy atom. The first-order valence-electron chi connectivity index (χ1n) is 4.97. The fourth-order valence-corrected chi connectivity index (χ4v) is 1.48. The molecule has 0 radical (unpaired) electrons. The molecule has 17 heavy (non-hydrogen) atoms. The lowest BCUT2D eigenvalue weighted by Crippen LogP contribution is -2.14. The molecule has 0 atom stereocenters. The van der Waals surface area contributed by atoms with Gasteiger partial charge in [-0.2, -0.15) is 0 Å². The summed E-state index contributed by atoms with van der Waals surface area (Å²) in [6.45, 7) is 2.01.